The van der Waals surface area contributed by atoms with Gasteiger partial charge in [-0.3, -0.25) is 4.79 Å². The average molecular weight is 500 g/mol. The van der Waals surface area contributed by atoms with Crippen molar-refractivity contribution >= 4 is 11.6 Å². The lowest BCUT2D eigenvalue weighted by Crippen LogP contribution is -2.55. The van der Waals surface area contributed by atoms with Gasteiger partial charge >= 0.3 is 0 Å². The second-order valence-corrected chi connectivity index (χ2v) is 9.36. The number of nitrogens with zero attached hydrogens (tertiary/aromatic N) is 1. The van der Waals surface area contributed by atoms with Crippen LogP contribution < -0.4 is 4.90 Å². The Labute approximate surface area is 214 Å². The predicted molar refractivity (Wildman–Crippen MR) is 139 cm³/mol. The van der Waals surface area contributed by atoms with Crippen LogP contribution >= 0.6 is 0 Å². The Morgan fingerprint density at radius 2 is 1.46 bits per heavy atom. The van der Waals surface area contributed by atoms with Crippen molar-refractivity contribution in [2.75, 3.05) is 4.90 Å². The monoisotopic (exact) mass is 499 g/mol. The minimum absolute atomic E-state index is 0.0335. The molecule has 0 spiro atoms. The van der Waals surface area contributed by atoms with Crippen molar-refractivity contribution < 1.29 is 23.8 Å². The Morgan fingerprint density at radius 3 is 2.11 bits per heavy atom. The second-order valence-electron chi connectivity index (χ2n) is 9.36. The van der Waals surface area contributed by atoms with Gasteiger partial charge in [-0.15, -0.1) is 0 Å². The summed E-state index contributed by atoms with van der Waals surface area (Å²) in [6, 6.07) is 26.9. The first-order valence-corrected chi connectivity index (χ1v) is 12.3. The molecule has 6 heteroatoms. The lowest BCUT2D eigenvalue weighted by Gasteiger charge is -2.48. The van der Waals surface area contributed by atoms with Gasteiger partial charge in [0, 0.05) is 5.69 Å². The number of halogens is 2. The average Bonchev–Trinajstić information content (AvgIpc) is 2.93. The van der Waals surface area contributed by atoms with Gasteiger partial charge in [-0.25, -0.2) is 8.78 Å². The summed E-state index contributed by atoms with van der Waals surface area (Å²) in [5, 5.41) is 20.1. The van der Waals surface area contributed by atoms with Gasteiger partial charge in [0.2, 0.25) is 5.91 Å². The Hall–Kier alpha value is -3.87. The fraction of sp³-hybridized carbons (Fsp3) is 0.194. The zero-order valence-corrected chi connectivity index (χ0v) is 20.1. The molecule has 5 rings (SSSR count). The molecule has 0 saturated carbocycles. The zero-order chi connectivity index (χ0) is 25.9. The first-order valence-electron chi connectivity index (χ1n) is 12.3. The van der Waals surface area contributed by atoms with Crippen molar-refractivity contribution in [1.82, 2.24) is 0 Å². The molecule has 1 fully saturated rings. The number of hydrogen-bond acceptors (Lipinski definition) is 3. The summed E-state index contributed by atoms with van der Waals surface area (Å²) in [6.07, 6.45) is -0.0166. The number of β-lactam (4-membered cyclic amide) rings is 1. The van der Waals surface area contributed by atoms with Crippen molar-refractivity contribution in [3.05, 3.63) is 125 Å². The Bertz CT molecular complexity index is 1370. The normalized spacial score (nSPS) is 17.9. The molecule has 4 aromatic rings. The molecule has 0 aliphatic carbocycles. The number of rotatable bonds is 8. The topological polar surface area (TPSA) is 60.8 Å². The second kappa shape index (κ2) is 10.6. The first-order chi connectivity index (χ1) is 17.9. The Balaban J connectivity index is 1.40. The minimum Gasteiger partial charge on any atom is -0.392 e. The van der Waals surface area contributed by atoms with E-state index in [4.69, 9.17) is 0 Å². The molecule has 0 bridgehead atoms. The highest BCUT2D eigenvalue weighted by Crippen LogP contribution is 2.46. The van der Waals surface area contributed by atoms with Gasteiger partial charge in [0.1, 0.15) is 11.6 Å². The molecule has 4 aromatic carbocycles. The third-order valence-electron chi connectivity index (χ3n) is 7.02. The molecule has 0 aromatic heterocycles. The SMILES string of the molecule is O=C1C(CC[C@H](O)c2ccc(F)cc2)C(c2ccc(-c3cccc(CO)c3)cc2)N1c1ccc(F)cc1. The molecule has 1 saturated heterocycles. The number of carbonyl (C=O) groups is 1. The molecule has 188 valence electrons. The zero-order valence-electron chi connectivity index (χ0n) is 20.1. The van der Waals surface area contributed by atoms with E-state index in [9.17, 15) is 23.8 Å². The summed E-state index contributed by atoms with van der Waals surface area (Å²) in [6.45, 7) is -0.0335. The van der Waals surface area contributed by atoms with E-state index in [1.165, 1.54) is 24.3 Å². The lowest BCUT2D eigenvalue weighted by atomic mass is 9.78. The summed E-state index contributed by atoms with van der Waals surface area (Å²) in [5.41, 5.74) is 4.96. The van der Waals surface area contributed by atoms with E-state index in [-0.39, 0.29) is 36.1 Å². The van der Waals surface area contributed by atoms with Crippen molar-refractivity contribution in [3.8, 4) is 11.1 Å². The van der Waals surface area contributed by atoms with Crippen LogP contribution in [0.25, 0.3) is 11.1 Å². The molecular formula is C31H27F2NO3. The van der Waals surface area contributed by atoms with Crippen LogP contribution in [0.4, 0.5) is 14.5 Å². The lowest BCUT2D eigenvalue weighted by molar-refractivity contribution is -0.131. The standard InChI is InChI=1S/C31H27F2NO3/c32-25-10-8-22(9-11-25)29(36)17-16-28-30(34(31(28)37)27-14-12-26(33)13-15-27)23-6-4-21(5-7-23)24-3-1-2-20(18-24)19-35/h1-15,18,28-30,35-36H,16-17,19H2/t28?,29-,30?/m0/s1. The summed E-state index contributed by atoms with van der Waals surface area (Å²) in [4.78, 5) is 14.9. The van der Waals surface area contributed by atoms with Crippen molar-refractivity contribution in [3.63, 3.8) is 0 Å². The highest BCUT2D eigenvalue weighted by atomic mass is 19.1. The summed E-state index contributed by atoms with van der Waals surface area (Å²) in [5.74, 6) is -1.18. The van der Waals surface area contributed by atoms with Crippen LogP contribution in [-0.4, -0.2) is 16.1 Å². The van der Waals surface area contributed by atoms with Crippen LogP contribution in [0, 0.1) is 17.6 Å². The largest absolute Gasteiger partial charge is 0.392 e. The van der Waals surface area contributed by atoms with Crippen molar-refractivity contribution in [2.45, 2.75) is 31.6 Å². The summed E-state index contributed by atoms with van der Waals surface area (Å²) < 4.78 is 26.8. The maximum absolute atomic E-state index is 13.6. The Morgan fingerprint density at radius 1 is 0.811 bits per heavy atom. The number of benzene rings is 4. The van der Waals surface area contributed by atoms with Crippen LogP contribution in [0.5, 0.6) is 0 Å². The molecule has 1 amide bonds. The van der Waals surface area contributed by atoms with Crippen LogP contribution in [0.15, 0.2) is 97.1 Å². The molecule has 3 atom stereocenters. The molecule has 37 heavy (non-hydrogen) atoms. The first kappa shape index (κ1) is 24.8. The van der Waals surface area contributed by atoms with E-state index in [1.54, 1.807) is 29.2 Å². The molecule has 2 unspecified atom stereocenters. The quantitative estimate of drug-likeness (QED) is 0.278. The van der Waals surface area contributed by atoms with Gasteiger partial charge in [0.05, 0.1) is 24.7 Å². The van der Waals surface area contributed by atoms with Crippen LogP contribution in [0.2, 0.25) is 0 Å². The molecule has 1 aliphatic heterocycles. The van der Waals surface area contributed by atoms with Gasteiger partial charge in [0.25, 0.3) is 0 Å². The number of aliphatic hydroxyl groups is 2. The van der Waals surface area contributed by atoms with E-state index in [2.05, 4.69) is 0 Å². The van der Waals surface area contributed by atoms with E-state index in [1.807, 2.05) is 48.5 Å². The van der Waals surface area contributed by atoms with E-state index >= 15 is 0 Å². The van der Waals surface area contributed by atoms with Crippen LogP contribution in [0.3, 0.4) is 0 Å². The van der Waals surface area contributed by atoms with E-state index in [0.717, 1.165) is 22.3 Å². The van der Waals surface area contributed by atoms with E-state index in [0.29, 0.717) is 24.1 Å². The third-order valence-corrected chi connectivity index (χ3v) is 7.02. The summed E-state index contributed by atoms with van der Waals surface area (Å²) >= 11 is 0. The van der Waals surface area contributed by atoms with Gasteiger partial charge in [-0.05, 0) is 83.1 Å². The maximum Gasteiger partial charge on any atom is 0.233 e. The maximum atomic E-state index is 13.6. The van der Waals surface area contributed by atoms with Gasteiger partial charge < -0.3 is 15.1 Å². The van der Waals surface area contributed by atoms with E-state index < -0.39 is 6.10 Å². The predicted octanol–water partition coefficient (Wildman–Crippen LogP) is 6.34. The number of amides is 1. The number of hydrogen-bond donors (Lipinski definition) is 2. The molecule has 4 nitrogen and oxygen atoms in total. The summed E-state index contributed by atoms with van der Waals surface area (Å²) in [7, 11) is 0. The molecule has 2 N–H and O–H groups in total. The third kappa shape index (κ3) is 5.17. The smallest absolute Gasteiger partial charge is 0.233 e. The molecular weight excluding hydrogens is 472 g/mol. The number of aliphatic hydroxyl groups excluding tert-OH is 2. The van der Waals surface area contributed by atoms with Crippen LogP contribution in [0.1, 0.15) is 41.7 Å². The number of anilines is 1. The van der Waals surface area contributed by atoms with Crippen molar-refractivity contribution in [2.24, 2.45) is 5.92 Å². The fourth-order valence-electron chi connectivity index (χ4n) is 5.01. The van der Waals surface area contributed by atoms with Crippen LogP contribution in [-0.2, 0) is 11.4 Å². The molecule has 0 radical (unpaired) electrons. The number of carbonyl (C=O) groups excluding carboxylic acids is 1. The van der Waals surface area contributed by atoms with Gasteiger partial charge in [-0.2, -0.15) is 0 Å². The highest BCUT2D eigenvalue weighted by molar-refractivity contribution is 6.03. The van der Waals surface area contributed by atoms with Gasteiger partial charge in [-0.1, -0.05) is 54.6 Å². The Kier molecular flexibility index (Phi) is 7.12. The molecule has 1 aliphatic rings. The van der Waals surface area contributed by atoms with Gasteiger partial charge in [0.15, 0.2) is 0 Å². The molecule has 1 heterocycles. The fourth-order valence-corrected chi connectivity index (χ4v) is 5.01. The van der Waals surface area contributed by atoms with Crippen molar-refractivity contribution in [1.29, 1.82) is 0 Å². The highest BCUT2D eigenvalue weighted by Gasteiger charge is 2.48. The minimum atomic E-state index is -0.810.